The Kier molecular flexibility index (Phi) is 5.40. The number of aryl methyl sites for hydroxylation is 1. The van der Waals surface area contributed by atoms with Crippen molar-refractivity contribution in [3.05, 3.63) is 36.4 Å². The Hall–Kier alpha value is -2.87. The van der Waals surface area contributed by atoms with E-state index in [0.717, 1.165) is 53.3 Å². The molecule has 8 heteroatoms. The van der Waals surface area contributed by atoms with Crippen LogP contribution in [0.4, 0.5) is 10.2 Å². The average molecular weight is 423 g/mol. The van der Waals surface area contributed by atoms with E-state index in [0.29, 0.717) is 25.5 Å². The number of amides is 1. The molecule has 0 aromatic carbocycles. The van der Waals surface area contributed by atoms with Crippen LogP contribution < -0.4 is 5.32 Å². The Bertz CT molecular complexity index is 1100. The summed E-state index contributed by atoms with van der Waals surface area (Å²) in [6.07, 6.45) is 11.9. The first kappa shape index (κ1) is 20.1. The summed E-state index contributed by atoms with van der Waals surface area (Å²) in [5.41, 5.74) is 3.75. The minimum absolute atomic E-state index is 0.0486. The molecular formula is C23H27FN6O. The molecule has 0 atom stereocenters. The number of fused-ring (bicyclic) bond motifs is 1. The fourth-order valence-electron chi connectivity index (χ4n) is 4.65. The van der Waals surface area contributed by atoms with Gasteiger partial charge in [0.25, 0.3) is 0 Å². The van der Waals surface area contributed by atoms with Crippen molar-refractivity contribution in [3.8, 4) is 11.1 Å². The van der Waals surface area contributed by atoms with Crippen LogP contribution in [-0.2, 0) is 18.4 Å². The van der Waals surface area contributed by atoms with Gasteiger partial charge in [0.15, 0.2) is 0 Å². The van der Waals surface area contributed by atoms with E-state index in [9.17, 15) is 9.18 Å². The SMILES string of the molecule is Cn1cc(-c2cnc3cnc(NC(=O)C4CCCCC4)cc3c2CN2CC(F)C2)cn1. The summed E-state index contributed by atoms with van der Waals surface area (Å²) in [4.78, 5) is 23.8. The second kappa shape index (κ2) is 8.34. The van der Waals surface area contributed by atoms with Gasteiger partial charge in [-0.25, -0.2) is 9.37 Å². The molecule has 2 aliphatic rings. The van der Waals surface area contributed by atoms with Crippen LogP contribution >= 0.6 is 0 Å². The first-order valence-corrected chi connectivity index (χ1v) is 11.0. The van der Waals surface area contributed by atoms with Crippen LogP contribution in [0.15, 0.2) is 30.9 Å². The Morgan fingerprint density at radius 3 is 2.68 bits per heavy atom. The maximum Gasteiger partial charge on any atom is 0.228 e. The van der Waals surface area contributed by atoms with Gasteiger partial charge in [0.2, 0.25) is 5.91 Å². The Balaban J connectivity index is 1.51. The van der Waals surface area contributed by atoms with E-state index in [1.807, 2.05) is 31.7 Å². The van der Waals surface area contributed by atoms with E-state index in [1.165, 1.54) is 6.42 Å². The maximum absolute atomic E-state index is 13.5. The van der Waals surface area contributed by atoms with Crippen molar-refractivity contribution in [1.82, 2.24) is 24.6 Å². The van der Waals surface area contributed by atoms with Crippen molar-refractivity contribution >= 4 is 22.6 Å². The van der Waals surface area contributed by atoms with Crippen molar-refractivity contribution in [2.24, 2.45) is 13.0 Å². The van der Waals surface area contributed by atoms with Gasteiger partial charge in [-0.1, -0.05) is 19.3 Å². The molecular weight excluding hydrogens is 395 g/mol. The number of pyridine rings is 2. The normalized spacial score (nSPS) is 18.3. The summed E-state index contributed by atoms with van der Waals surface area (Å²) in [5.74, 6) is 0.655. The van der Waals surface area contributed by atoms with Crippen LogP contribution in [0.5, 0.6) is 0 Å². The second-order valence-electron chi connectivity index (χ2n) is 8.76. The molecule has 3 aromatic heterocycles. The number of aromatic nitrogens is 4. The Morgan fingerprint density at radius 2 is 1.97 bits per heavy atom. The molecule has 1 N–H and O–H groups in total. The number of hydrogen-bond donors (Lipinski definition) is 1. The topological polar surface area (TPSA) is 75.9 Å². The van der Waals surface area contributed by atoms with Crippen LogP contribution in [0.2, 0.25) is 0 Å². The number of halogens is 1. The average Bonchev–Trinajstić information content (AvgIpc) is 3.19. The van der Waals surface area contributed by atoms with Gasteiger partial charge in [0, 0.05) is 61.5 Å². The molecule has 1 aliphatic carbocycles. The lowest BCUT2D eigenvalue weighted by Crippen LogP contribution is -2.47. The summed E-state index contributed by atoms with van der Waals surface area (Å²) >= 11 is 0. The molecule has 0 bridgehead atoms. The van der Waals surface area contributed by atoms with Gasteiger partial charge in [-0.2, -0.15) is 5.10 Å². The fraction of sp³-hybridized carbons (Fsp3) is 0.478. The lowest BCUT2D eigenvalue weighted by molar-refractivity contribution is -0.120. The summed E-state index contributed by atoms with van der Waals surface area (Å²) in [6.45, 7) is 1.49. The molecule has 7 nitrogen and oxygen atoms in total. The van der Waals surface area contributed by atoms with E-state index in [4.69, 9.17) is 0 Å². The van der Waals surface area contributed by atoms with Gasteiger partial charge in [-0.15, -0.1) is 0 Å². The number of nitrogens with one attached hydrogen (secondary N) is 1. The lowest BCUT2D eigenvalue weighted by atomic mass is 9.89. The number of carbonyl (C=O) groups is 1. The molecule has 4 heterocycles. The molecule has 3 aromatic rings. The minimum Gasteiger partial charge on any atom is -0.310 e. The number of anilines is 1. The van der Waals surface area contributed by atoms with Crippen molar-refractivity contribution < 1.29 is 9.18 Å². The van der Waals surface area contributed by atoms with Crippen molar-refractivity contribution in [2.45, 2.75) is 44.8 Å². The van der Waals surface area contributed by atoms with Gasteiger partial charge in [0.05, 0.1) is 17.9 Å². The quantitative estimate of drug-likeness (QED) is 0.679. The van der Waals surface area contributed by atoms with Crippen molar-refractivity contribution in [3.63, 3.8) is 0 Å². The van der Waals surface area contributed by atoms with Crippen LogP contribution in [0, 0.1) is 5.92 Å². The van der Waals surface area contributed by atoms with E-state index >= 15 is 0 Å². The molecule has 5 rings (SSSR count). The number of rotatable bonds is 5. The van der Waals surface area contributed by atoms with E-state index < -0.39 is 6.17 Å². The largest absolute Gasteiger partial charge is 0.310 e. The van der Waals surface area contributed by atoms with Crippen molar-refractivity contribution in [1.29, 1.82) is 0 Å². The van der Waals surface area contributed by atoms with Crippen LogP contribution in [-0.4, -0.2) is 49.8 Å². The van der Waals surface area contributed by atoms with Crippen molar-refractivity contribution in [2.75, 3.05) is 18.4 Å². The second-order valence-corrected chi connectivity index (χ2v) is 8.76. The molecule has 0 spiro atoms. The molecule has 1 saturated carbocycles. The third-order valence-corrected chi connectivity index (χ3v) is 6.40. The number of alkyl halides is 1. The molecule has 0 radical (unpaired) electrons. The summed E-state index contributed by atoms with van der Waals surface area (Å²) in [5, 5.41) is 8.24. The molecule has 31 heavy (non-hydrogen) atoms. The lowest BCUT2D eigenvalue weighted by Gasteiger charge is -2.35. The van der Waals surface area contributed by atoms with Crippen LogP contribution in [0.25, 0.3) is 22.0 Å². The Labute approximate surface area is 180 Å². The predicted octanol–water partition coefficient (Wildman–Crippen LogP) is 3.70. The zero-order valence-corrected chi connectivity index (χ0v) is 17.7. The van der Waals surface area contributed by atoms with Gasteiger partial charge in [-0.05, 0) is 24.5 Å². The zero-order valence-electron chi connectivity index (χ0n) is 17.7. The van der Waals surface area contributed by atoms with Gasteiger partial charge in [-0.3, -0.25) is 19.4 Å². The standard InChI is InChI=1S/C23H27FN6O/c1-29-11-16(8-27-29)19-9-25-21-10-26-22(28-23(31)15-5-3-2-4-6-15)7-18(21)20(19)14-30-12-17(24)13-30/h7-11,15,17H,2-6,12-14H2,1H3,(H,26,28,31). The minimum atomic E-state index is -0.762. The van der Waals surface area contributed by atoms with Gasteiger partial charge in [0.1, 0.15) is 12.0 Å². The number of carbonyl (C=O) groups excluding carboxylic acids is 1. The molecule has 1 amide bonds. The zero-order chi connectivity index (χ0) is 21.4. The third-order valence-electron chi connectivity index (χ3n) is 6.40. The van der Waals surface area contributed by atoms with E-state index in [2.05, 4.69) is 25.3 Å². The van der Waals surface area contributed by atoms with E-state index in [1.54, 1.807) is 10.9 Å². The number of hydrogen-bond acceptors (Lipinski definition) is 5. The highest BCUT2D eigenvalue weighted by Crippen LogP contribution is 2.32. The van der Waals surface area contributed by atoms with Gasteiger partial charge < -0.3 is 5.32 Å². The fourth-order valence-corrected chi connectivity index (χ4v) is 4.65. The summed E-state index contributed by atoms with van der Waals surface area (Å²) < 4.78 is 15.2. The first-order valence-electron chi connectivity index (χ1n) is 11.0. The van der Waals surface area contributed by atoms with Gasteiger partial charge >= 0.3 is 0 Å². The monoisotopic (exact) mass is 422 g/mol. The van der Waals surface area contributed by atoms with E-state index in [-0.39, 0.29) is 11.8 Å². The highest BCUT2D eigenvalue weighted by Gasteiger charge is 2.28. The smallest absolute Gasteiger partial charge is 0.228 e. The number of nitrogens with zero attached hydrogens (tertiary/aromatic N) is 5. The molecule has 1 saturated heterocycles. The Morgan fingerprint density at radius 1 is 1.16 bits per heavy atom. The number of likely N-dealkylation sites (tertiary alicyclic amines) is 1. The predicted molar refractivity (Wildman–Crippen MR) is 117 cm³/mol. The molecule has 1 aliphatic heterocycles. The third kappa shape index (κ3) is 4.17. The molecule has 0 unspecified atom stereocenters. The summed E-state index contributed by atoms with van der Waals surface area (Å²) in [7, 11) is 1.88. The molecule has 2 fully saturated rings. The highest BCUT2D eigenvalue weighted by atomic mass is 19.1. The molecule has 162 valence electrons. The summed E-state index contributed by atoms with van der Waals surface area (Å²) in [6, 6.07) is 1.91. The highest BCUT2D eigenvalue weighted by molar-refractivity contribution is 5.95. The first-order chi connectivity index (χ1) is 15.1. The van der Waals surface area contributed by atoms with Crippen LogP contribution in [0.1, 0.15) is 37.7 Å². The van der Waals surface area contributed by atoms with Crippen LogP contribution in [0.3, 0.4) is 0 Å². The maximum atomic E-state index is 13.5.